The third-order valence-corrected chi connectivity index (χ3v) is 3.47. The molecule has 0 bridgehead atoms. The molecule has 4 heteroatoms. The van der Waals surface area contributed by atoms with Gasteiger partial charge in [0.2, 0.25) is 0 Å². The van der Waals surface area contributed by atoms with Gasteiger partial charge in [-0.1, -0.05) is 13.3 Å². The minimum atomic E-state index is -0.886. The number of nitrogens with one attached hydrogen (secondary N) is 1. The van der Waals surface area contributed by atoms with Crippen LogP contribution in [0.3, 0.4) is 0 Å². The molecule has 1 aromatic rings. The molecule has 1 aliphatic rings. The molecular weight excluding hydrogens is 227 g/mol. The van der Waals surface area contributed by atoms with Gasteiger partial charge in [0.15, 0.2) is 11.6 Å². The average molecular weight is 243 g/mol. The van der Waals surface area contributed by atoms with Gasteiger partial charge in [0.1, 0.15) is 11.5 Å². The van der Waals surface area contributed by atoms with Gasteiger partial charge in [0, 0.05) is 18.2 Å². The van der Waals surface area contributed by atoms with E-state index in [0.717, 1.165) is 25.7 Å². The van der Waals surface area contributed by atoms with Crippen molar-refractivity contribution in [1.29, 1.82) is 0 Å². The fourth-order valence-corrected chi connectivity index (χ4v) is 2.46. The predicted molar refractivity (Wildman–Crippen MR) is 61.4 cm³/mol. The van der Waals surface area contributed by atoms with Gasteiger partial charge in [-0.05, 0) is 25.2 Å². The summed E-state index contributed by atoms with van der Waals surface area (Å²) in [4.78, 5) is 0. The molecule has 1 aromatic carbocycles. The number of anilines is 1. The second-order valence-corrected chi connectivity index (χ2v) is 4.67. The van der Waals surface area contributed by atoms with Crippen LogP contribution in [0.25, 0.3) is 0 Å². The maximum atomic E-state index is 13.4. The monoisotopic (exact) mass is 243 g/mol. The normalized spacial score (nSPS) is 24.0. The van der Waals surface area contributed by atoms with E-state index < -0.39 is 17.5 Å². The Balaban J connectivity index is 2.09. The third-order valence-electron chi connectivity index (χ3n) is 3.47. The van der Waals surface area contributed by atoms with Gasteiger partial charge < -0.3 is 5.32 Å². The van der Waals surface area contributed by atoms with Crippen LogP contribution in [0.2, 0.25) is 0 Å². The number of rotatable bonds is 3. The van der Waals surface area contributed by atoms with Gasteiger partial charge in [-0.25, -0.2) is 13.2 Å². The zero-order valence-electron chi connectivity index (χ0n) is 9.77. The summed E-state index contributed by atoms with van der Waals surface area (Å²) in [6.07, 6.45) is 4.01. The highest BCUT2D eigenvalue weighted by atomic mass is 19.1. The van der Waals surface area contributed by atoms with E-state index in [4.69, 9.17) is 0 Å². The molecule has 0 spiro atoms. The number of benzene rings is 1. The quantitative estimate of drug-likeness (QED) is 0.843. The lowest BCUT2D eigenvalue weighted by atomic mass is 10.1. The summed E-state index contributed by atoms with van der Waals surface area (Å²) < 4.78 is 39.5. The molecule has 2 unspecified atom stereocenters. The second kappa shape index (κ2) is 4.98. The van der Waals surface area contributed by atoms with Crippen molar-refractivity contribution in [2.45, 2.75) is 38.6 Å². The molecule has 1 fully saturated rings. The molecule has 0 aromatic heterocycles. The first-order valence-electron chi connectivity index (χ1n) is 6.01. The van der Waals surface area contributed by atoms with Crippen LogP contribution in [0.4, 0.5) is 18.9 Å². The Hall–Kier alpha value is -1.19. The Morgan fingerprint density at radius 2 is 1.82 bits per heavy atom. The van der Waals surface area contributed by atoms with Crippen LogP contribution in [-0.2, 0) is 0 Å². The molecule has 0 radical (unpaired) electrons. The number of hydrogen-bond donors (Lipinski definition) is 1. The first-order chi connectivity index (χ1) is 8.10. The average Bonchev–Trinajstić information content (AvgIpc) is 2.71. The molecule has 1 N–H and O–H groups in total. The summed E-state index contributed by atoms with van der Waals surface area (Å²) in [6.45, 7) is 2.12. The maximum Gasteiger partial charge on any atom is 0.152 e. The Labute approximate surface area is 99.0 Å². The molecule has 2 rings (SSSR count). The molecule has 1 saturated carbocycles. The van der Waals surface area contributed by atoms with Crippen LogP contribution in [-0.4, -0.2) is 6.04 Å². The first kappa shape index (κ1) is 12.3. The van der Waals surface area contributed by atoms with Crippen molar-refractivity contribution < 1.29 is 13.2 Å². The second-order valence-electron chi connectivity index (χ2n) is 4.67. The molecule has 0 heterocycles. The fraction of sp³-hybridized carbons (Fsp3) is 0.538. The van der Waals surface area contributed by atoms with Crippen molar-refractivity contribution in [2.24, 2.45) is 5.92 Å². The largest absolute Gasteiger partial charge is 0.378 e. The zero-order chi connectivity index (χ0) is 12.4. The van der Waals surface area contributed by atoms with Crippen LogP contribution in [0, 0.1) is 23.4 Å². The predicted octanol–water partition coefficient (Wildman–Crippen LogP) is 4.09. The molecule has 94 valence electrons. The highest BCUT2D eigenvalue weighted by Gasteiger charge is 2.25. The van der Waals surface area contributed by atoms with E-state index in [1.165, 1.54) is 0 Å². The van der Waals surface area contributed by atoms with Crippen molar-refractivity contribution in [3.63, 3.8) is 0 Å². The fourth-order valence-electron chi connectivity index (χ4n) is 2.46. The summed E-state index contributed by atoms with van der Waals surface area (Å²) >= 11 is 0. The summed E-state index contributed by atoms with van der Waals surface area (Å²) in [5.41, 5.74) is -0.201. The zero-order valence-corrected chi connectivity index (χ0v) is 9.77. The van der Waals surface area contributed by atoms with Gasteiger partial charge in [-0.2, -0.15) is 0 Å². The lowest BCUT2D eigenvalue weighted by Gasteiger charge is -2.15. The van der Waals surface area contributed by atoms with Crippen LogP contribution >= 0.6 is 0 Å². The Morgan fingerprint density at radius 1 is 1.18 bits per heavy atom. The van der Waals surface area contributed by atoms with Crippen LogP contribution in [0.1, 0.15) is 32.6 Å². The molecule has 1 aliphatic carbocycles. The molecule has 1 nitrogen and oxygen atoms in total. The molecule has 0 saturated heterocycles. The minimum absolute atomic E-state index is 0.0920. The highest BCUT2D eigenvalue weighted by Crippen LogP contribution is 2.31. The van der Waals surface area contributed by atoms with E-state index in [9.17, 15) is 13.2 Å². The van der Waals surface area contributed by atoms with Gasteiger partial charge >= 0.3 is 0 Å². The van der Waals surface area contributed by atoms with Gasteiger partial charge in [0.25, 0.3) is 0 Å². The van der Waals surface area contributed by atoms with Crippen molar-refractivity contribution in [2.75, 3.05) is 5.32 Å². The topological polar surface area (TPSA) is 12.0 Å². The van der Waals surface area contributed by atoms with Crippen LogP contribution < -0.4 is 5.32 Å². The van der Waals surface area contributed by atoms with E-state index in [1.54, 1.807) is 0 Å². The lowest BCUT2D eigenvalue weighted by Crippen LogP contribution is -2.17. The van der Waals surface area contributed by atoms with E-state index in [2.05, 4.69) is 12.2 Å². The number of halogens is 3. The standard InChI is InChI=1S/C13H16F3N/c1-2-8-3-4-10(5-8)17-13-11(15)6-9(14)7-12(13)16/h6-8,10,17H,2-5H2,1H3. The third kappa shape index (κ3) is 2.73. The van der Waals surface area contributed by atoms with E-state index in [1.807, 2.05) is 0 Å². The summed E-state index contributed by atoms with van der Waals surface area (Å²) in [5.74, 6) is -1.98. The molecule has 2 atom stereocenters. The van der Waals surface area contributed by atoms with Gasteiger partial charge in [-0.15, -0.1) is 0 Å². The summed E-state index contributed by atoms with van der Waals surface area (Å²) in [5, 5.41) is 2.85. The first-order valence-corrected chi connectivity index (χ1v) is 6.01. The Bertz CT molecular complexity index is 383. The van der Waals surface area contributed by atoms with E-state index in [-0.39, 0.29) is 11.7 Å². The van der Waals surface area contributed by atoms with Crippen molar-refractivity contribution in [3.05, 3.63) is 29.6 Å². The minimum Gasteiger partial charge on any atom is -0.378 e. The smallest absolute Gasteiger partial charge is 0.152 e. The summed E-state index contributed by atoms with van der Waals surface area (Å²) in [6, 6.07) is 1.50. The highest BCUT2D eigenvalue weighted by molar-refractivity contribution is 5.47. The lowest BCUT2D eigenvalue weighted by molar-refractivity contribution is 0.520. The molecule has 17 heavy (non-hydrogen) atoms. The number of hydrogen-bond acceptors (Lipinski definition) is 1. The van der Waals surface area contributed by atoms with Crippen molar-refractivity contribution in [1.82, 2.24) is 0 Å². The van der Waals surface area contributed by atoms with Crippen LogP contribution in [0.5, 0.6) is 0 Å². The van der Waals surface area contributed by atoms with Gasteiger partial charge in [-0.3, -0.25) is 0 Å². The Kier molecular flexibility index (Phi) is 3.60. The van der Waals surface area contributed by atoms with E-state index >= 15 is 0 Å². The Morgan fingerprint density at radius 3 is 2.35 bits per heavy atom. The maximum absolute atomic E-state index is 13.4. The molecule has 0 amide bonds. The molecule has 0 aliphatic heterocycles. The SMILES string of the molecule is CCC1CCC(Nc2c(F)cc(F)cc2F)C1. The van der Waals surface area contributed by atoms with Crippen molar-refractivity contribution >= 4 is 5.69 Å². The van der Waals surface area contributed by atoms with Crippen molar-refractivity contribution in [3.8, 4) is 0 Å². The molecular formula is C13H16F3N. The van der Waals surface area contributed by atoms with Crippen LogP contribution in [0.15, 0.2) is 12.1 Å². The summed E-state index contributed by atoms with van der Waals surface area (Å²) in [7, 11) is 0. The van der Waals surface area contributed by atoms with E-state index in [0.29, 0.717) is 18.1 Å². The van der Waals surface area contributed by atoms with Gasteiger partial charge in [0.05, 0.1) is 0 Å².